The van der Waals surface area contributed by atoms with Gasteiger partial charge in [-0.1, -0.05) is 29.3 Å². The zero-order chi connectivity index (χ0) is 17.6. The Hall–Kier alpha value is -1.83. The summed E-state index contributed by atoms with van der Waals surface area (Å²) in [6, 6.07) is 5.85. The molecule has 9 heteroatoms. The van der Waals surface area contributed by atoms with Crippen molar-refractivity contribution in [1.29, 1.82) is 0 Å². The standard InChI is InChI=1S/C15H9Cl2F2N3OS/c1-22-13-11(14(23)21-15(22)24)7(12(18)19)5-10(20-13)6-2-3-8(16)9(17)4-6/h2-5,12H,1H3,(H,21,23,24). The highest BCUT2D eigenvalue weighted by Crippen LogP contribution is 2.32. The molecule has 3 aromatic rings. The Kier molecular flexibility index (Phi) is 4.42. The van der Waals surface area contributed by atoms with Gasteiger partial charge in [-0.3, -0.25) is 9.78 Å². The molecular formula is C15H9Cl2F2N3OS. The van der Waals surface area contributed by atoms with E-state index in [1.54, 1.807) is 19.2 Å². The largest absolute Gasteiger partial charge is 0.306 e. The van der Waals surface area contributed by atoms with Gasteiger partial charge < -0.3 is 4.57 Å². The third kappa shape index (κ3) is 2.83. The minimum Gasteiger partial charge on any atom is -0.306 e. The van der Waals surface area contributed by atoms with E-state index in [-0.39, 0.29) is 26.5 Å². The molecule has 0 amide bonds. The van der Waals surface area contributed by atoms with Crippen LogP contribution in [0.25, 0.3) is 22.3 Å². The highest BCUT2D eigenvalue weighted by atomic mass is 35.5. The van der Waals surface area contributed by atoms with Crippen LogP contribution in [0, 0.1) is 4.77 Å². The molecule has 0 aliphatic rings. The lowest BCUT2D eigenvalue weighted by atomic mass is 10.1. The van der Waals surface area contributed by atoms with E-state index in [1.807, 2.05) is 0 Å². The predicted molar refractivity (Wildman–Crippen MR) is 92.6 cm³/mol. The average molecular weight is 388 g/mol. The molecule has 0 aliphatic carbocycles. The third-order valence-corrected chi connectivity index (χ3v) is 4.67. The number of benzene rings is 1. The van der Waals surface area contributed by atoms with Crippen LogP contribution >= 0.6 is 35.4 Å². The Balaban J connectivity index is 2.43. The van der Waals surface area contributed by atoms with E-state index in [9.17, 15) is 13.6 Å². The number of hydrogen-bond acceptors (Lipinski definition) is 3. The van der Waals surface area contributed by atoms with Crippen LogP contribution in [0.15, 0.2) is 29.1 Å². The van der Waals surface area contributed by atoms with Crippen LogP contribution in [0.2, 0.25) is 10.0 Å². The topological polar surface area (TPSA) is 50.7 Å². The number of rotatable bonds is 2. The van der Waals surface area contributed by atoms with Crippen molar-refractivity contribution in [3.05, 3.63) is 55.0 Å². The SMILES string of the molecule is Cn1c(=S)[nH]c(=O)c2c(C(F)F)cc(-c3ccc(Cl)c(Cl)c3)nc21. The van der Waals surface area contributed by atoms with E-state index in [1.165, 1.54) is 16.7 Å². The lowest BCUT2D eigenvalue weighted by molar-refractivity contribution is 0.153. The summed E-state index contributed by atoms with van der Waals surface area (Å²) in [5.41, 5.74) is -0.307. The van der Waals surface area contributed by atoms with Crippen LogP contribution in [0.1, 0.15) is 12.0 Å². The number of nitrogens with one attached hydrogen (secondary N) is 1. The van der Waals surface area contributed by atoms with Crippen LogP contribution in [0.5, 0.6) is 0 Å². The quantitative estimate of drug-likeness (QED) is 0.636. The third-order valence-electron chi connectivity index (χ3n) is 3.55. The van der Waals surface area contributed by atoms with Gasteiger partial charge in [0.2, 0.25) is 0 Å². The number of aryl methyl sites for hydroxylation is 1. The van der Waals surface area contributed by atoms with Crippen LogP contribution in [-0.4, -0.2) is 14.5 Å². The summed E-state index contributed by atoms with van der Waals surface area (Å²) in [6.07, 6.45) is -2.85. The van der Waals surface area contributed by atoms with Crippen molar-refractivity contribution in [2.24, 2.45) is 7.05 Å². The molecule has 0 unspecified atom stereocenters. The van der Waals surface area contributed by atoms with Crippen molar-refractivity contribution >= 4 is 46.5 Å². The number of nitrogens with zero attached hydrogens (tertiary/aromatic N) is 2. The van der Waals surface area contributed by atoms with Crippen molar-refractivity contribution < 1.29 is 8.78 Å². The summed E-state index contributed by atoms with van der Waals surface area (Å²) in [5, 5.41) is 0.420. The van der Waals surface area contributed by atoms with E-state index in [0.29, 0.717) is 10.6 Å². The fourth-order valence-corrected chi connectivity index (χ4v) is 2.82. The number of fused-ring (bicyclic) bond motifs is 1. The van der Waals surface area contributed by atoms with E-state index >= 15 is 0 Å². The van der Waals surface area contributed by atoms with E-state index in [0.717, 1.165) is 0 Å². The fraction of sp³-hybridized carbons (Fsp3) is 0.133. The molecule has 2 aromatic heterocycles. The molecule has 0 atom stereocenters. The number of halogens is 4. The van der Waals surface area contributed by atoms with Gasteiger partial charge in [-0.25, -0.2) is 13.8 Å². The lowest BCUT2D eigenvalue weighted by Crippen LogP contribution is -2.16. The number of hydrogen-bond donors (Lipinski definition) is 1. The molecule has 0 saturated heterocycles. The van der Waals surface area contributed by atoms with E-state index in [4.69, 9.17) is 35.4 Å². The molecule has 0 fully saturated rings. The summed E-state index contributed by atoms with van der Waals surface area (Å²) in [6.45, 7) is 0. The van der Waals surface area contributed by atoms with Crippen LogP contribution in [-0.2, 0) is 7.05 Å². The first kappa shape index (κ1) is 17.0. The van der Waals surface area contributed by atoms with Gasteiger partial charge in [-0.15, -0.1) is 0 Å². The predicted octanol–water partition coefficient (Wildman–Crippen LogP) is 4.90. The Morgan fingerprint density at radius 1 is 1.25 bits per heavy atom. The monoisotopic (exact) mass is 387 g/mol. The molecule has 1 N–H and O–H groups in total. The van der Waals surface area contributed by atoms with Crippen molar-refractivity contribution in [2.45, 2.75) is 6.43 Å². The van der Waals surface area contributed by atoms with Gasteiger partial charge in [-0.2, -0.15) is 0 Å². The second-order valence-electron chi connectivity index (χ2n) is 5.04. The van der Waals surface area contributed by atoms with Crippen molar-refractivity contribution in [3.63, 3.8) is 0 Å². The minimum absolute atomic E-state index is 0.0719. The van der Waals surface area contributed by atoms with Gasteiger partial charge >= 0.3 is 0 Å². The molecule has 124 valence electrons. The molecule has 0 radical (unpaired) electrons. The Bertz CT molecular complexity index is 1080. The number of aromatic nitrogens is 3. The van der Waals surface area contributed by atoms with Crippen LogP contribution < -0.4 is 5.56 Å². The number of alkyl halides is 2. The van der Waals surface area contributed by atoms with Gasteiger partial charge in [0.1, 0.15) is 5.65 Å². The van der Waals surface area contributed by atoms with E-state index < -0.39 is 17.5 Å². The lowest BCUT2D eigenvalue weighted by Gasteiger charge is -2.12. The summed E-state index contributed by atoms with van der Waals surface area (Å²) >= 11 is 16.9. The molecule has 1 aromatic carbocycles. The number of pyridine rings is 1. The maximum Gasteiger partial charge on any atom is 0.264 e. The number of H-pyrrole nitrogens is 1. The molecule has 24 heavy (non-hydrogen) atoms. The second-order valence-corrected chi connectivity index (χ2v) is 6.24. The molecule has 0 spiro atoms. The van der Waals surface area contributed by atoms with Gasteiger partial charge in [0, 0.05) is 18.2 Å². The highest BCUT2D eigenvalue weighted by Gasteiger charge is 2.19. The van der Waals surface area contributed by atoms with Gasteiger partial charge in [-0.05, 0) is 30.4 Å². The zero-order valence-corrected chi connectivity index (χ0v) is 14.4. The first-order valence-electron chi connectivity index (χ1n) is 6.67. The van der Waals surface area contributed by atoms with Gasteiger partial charge in [0.25, 0.3) is 12.0 Å². The first-order valence-corrected chi connectivity index (χ1v) is 7.83. The second kappa shape index (κ2) is 6.23. The summed E-state index contributed by atoms with van der Waals surface area (Å²) in [7, 11) is 1.54. The maximum atomic E-state index is 13.5. The van der Waals surface area contributed by atoms with Gasteiger partial charge in [0.05, 0.1) is 21.1 Å². The molecular weight excluding hydrogens is 379 g/mol. The summed E-state index contributed by atoms with van der Waals surface area (Å²) < 4.78 is 28.4. The maximum absolute atomic E-state index is 13.5. The van der Waals surface area contributed by atoms with Crippen molar-refractivity contribution in [2.75, 3.05) is 0 Å². The molecule has 3 rings (SSSR count). The molecule has 0 saturated carbocycles. The Labute approximate surface area is 149 Å². The minimum atomic E-state index is -2.85. The normalized spacial score (nSPS) is 11.4. The highest BCUT2D eigenvalue weighted by molar-refractivity contribution is 7.71. The van der Waals surface area contributed by atoms with Gasteiger partial charge in [0.15, 0.2) is 4.77 Å². The van der Waals surface area contributed by atoms with E-state index in [2.05, 4.69) is 9.97 Å². The first-order chi connectivity index (χ1) is 11.3. The molecule has 0 bridgehead atoms. The fourth-order valence-electron chi connectivity index (χ4n) is 2.34. The Morgan fingerprint density at radius 3 is 2.58 bits per heavy atom. The Morgan fingerprint density at radius 2 is 1.96 bits per heavy atom. The molecule has 0 aliphatic heterocycles. The van der Waals surface area contributed by atoms with Crippen LogP contribution in [0.3, 0.4) is 0 Å². The summed E-state index contributed by atoms with van der Waals surface area (Å²) in [5.74, 6) is 0. The van der Waals surface area contributed by atoms with Crippen LogP contribution in [0.4, 0.5) is 8.78 Å². The molecule has 4 nitrogen and oxygen atoms in total. The molecule has 2 heterocycles. The van der Waals surface area contributed by atoms with Crippen molar-refractivity contribution in [3.8, 4) is 11.3 Å². The smallest absolute Gasteiger partial charge is 0.264 e. The van der Waals surface area contributed by atoms with Crippen molar-refractivity contribution in [1.82, 2.24) is 14.5 Å². The number of aromatic amines is 1. The average Bonchev–Trinajstić information content (AvgIpc) is 2.54. The zero-order valence-electron chi connectivity index (χ0n) is 12.1. The summed E-state index contributed by atoms with van der Waals surface area (Å²) in [4.78, 5) is 18.8.